The van der Waals surface area contributed by atoms with Gasteiger partial charge in [-0.3, -0.25) is 0 Å². The van der Waals surface area contributed by atoms with E-state index in [-0.39, 0.29) is 5.54 Å². The lowest BCUT2D eigenvalue weighted by molar-refractivity contribution is 0.414. The lowest BCUT2D eigenvalue weighted by Crippen LogP contribution is -2.37. The first-order valence-electron chi connectivity index (χ1n) is 6.76. The van der Waals surface area contributed by atoms with E-state index < -0.39 is 0 Å². The fraction of sp³-hybridized carbons (Fsp3) is 0.500. The Morgan fingerprint density at radius 2 is 2.06 bits per heavy atom. The maximum absolute atomic E-state index is 3.63. The molecule has 1 saturated carbocycles. The van der Waals surface area contributed by atoms with E-state index in [9.17, 15) is 0 Å². The molecule has 0 radical (unpaired) electrons. The van der Waals surface area contributed by atoms with Crippen LogP contribution < -0.4 is 5.32 Å². The molecule has 18 heavy (non-hydrogen) atoms. The summed E-state index contributed by atoms with van der Waals surface area (Å²) in [6, 6.07) is 8.79. The normalized spacial score (nSPS) is 23.5. The van der Waals surface area contributed by atoms with Crippen molar-refractivity contribution in [2.24, 2.45) is 5.92 Å². The fourth-order valence-electron chi connectivity index (χ4n) is 2.58. The molecular weight excluding hydrogens is 238 g/mol. The van der Waals surface area contributed by atoms with Gasteiger partial charge in [0, 0.05) is 10.2 Å². The summed E-state index contributed by atoms with van der Waals surface area (Å²) in [5.74, 6) is 1.62. The van der Waals surface area contributed by atoms with Gasteiger partial charge in [-0.25, -0.2) is 0 Å². The van der Waals surface area contributed by atoms with Crippen LogP contribution in [0, 0.1) is 5.92 Å². The third-order valence-electron chi connectivity index (χ3n) is 3.73. The lowest BCUT2D eigenvalue weighted by atomic mass is 10.1. The van der Waals surface area contributed by atoms with Crippen LogP contribution in [0.5, 0.6) is 0 Å². The molecule has 96 valence electrons. The second-order valence-electron chi connectivity index (χ2n) is 6.42. The molecule has 0 spiro atoms. The Balaban J connectivity index is 1.71. The molecule has 0 saturated heterocycles. The van der Waals surface area contributed by atoms with Gasteiger partial charge in [0.2, 0.25) is 0 Å². The second kappa shape index (κ2) is 4.36. The number of fused-ring (bicyclic) bond motifs is 1. The first kappa shape index (κ1) is 12.2. The van der Waals surface area contributed by atoms with Gasteiger partial charge < -0.3 is 5.32 Å². The van der Waals surface area contributed by atoms with Crippen molar-refractivity contribution in [1.82, 2.24) is 5.32 Å². The maximum atomic E-state index is 3.63. The predicted molar refractivity (Wildman–Crippen MR) is 80.4 cm³/mol. The molecule has 1 aromatic heterocycles. The second-order valence-corrected chi connectivity index (χ2v) is 7.33. The molecule has 0 aliphatic heterocycles. The van der Waals surface area contributed by atoms with Gasteiger partial charge in [0.15, 0.2) is 0 Å². The van der Waals surface area contributed by atoms with Crippen LogP contribution in [0.3, 0.4) is 0 Å². The minimum absolute atomic E-state index is 0.240. The van der Waals surface area contributed by atoms with Gasteiger partial charge in [-0.1, -0.05) is 18.2 Å². The molecule has 1 aliphatic carbocycles. The quantitative estimate of drug-likeness (QED) is 0.862. The smallest absolute Gasteiger partial charge is 0.0345 e. The number of rotatable bonds is 3. The topological polar surface area (TPSA) is 12.0 Å². The molecule has 1 fully saturated rings. The van der Waals surface area contributed by atoms with Crippen LogP contribution in [0.1, 0.15) is 38.7 Å². The standard InChI is InChI=1S/C16H21NS/c1-16(2,3)17-9-11-8-13(11)14-10-18-15-7-5-4-6-12(14)15/h4-7,10-11,13,17H,8-9H2,1-3H3. The van der Waals surface area contributed by atoms with Crippen LogP contribution in [0.25, 0.3) is 10.1 Å². The number of hydrogen-bond acceptors (Lipinski definition) is 2. The van der Waals surface area contributed by atoms with Gasteiger partial charge in [0.1, 0.15) is 0 Å². The van der Waals surface area contributed by atoms with E-state index in [1.807, 2.05) is 11.3 Å². The molecule has 2 heteroatoms. The molecule has 0 bridgehead atoms. The van der Waals surface area contributed by atoms with E-state index in [1.54, 1.807) is 5.56 Å². The molecular formula is C16H21NS. The first-order chi connectivity index (χ1) is 8.54. The summed E-state index contributed by atoms with van der Waals surface area (Å²) in [7, 11) is 0. The Kier molecular flexibility index (Phi) is 2.95. The van der Waals surface area contributed by atoms with Crippen LogP contribution in [0.15, 0.2) is 29.6 Å². The van der Waals surface area contributed by atoms with E-state index in [2.05, 4.69) is 55.7 Å². The zero-order valence-corrected chi connectivity index (χ0v) is 12.2. The van der Waals surface area contributed by atoms with Crippen molar-refractivity contribution in [3.05, 3.63) is 35.2 Å². The number of nitrogens with one attached hydrogen (secondary N) is 1. The largest absolute Gasteiger partial charge is 0.312 e. The van der Waals surface area contributed by atoms with Gasteiger partial charge >= 0.3 is 0 Å². The molecule has 1 nitrogen and oxygen atoms in total. The SMILES string of the molecule is CC(C)(C)NCC1CC1c1csc2ccccc12. The van der Waals surface area contributed by atoms with E-state index in [0.29, 0.717) is 0 Å². The summed E-state index contributed by atoms with van der Waals surface area (Å²) >= 11 is 1.89. The summed E-state index contributed by atoms with van der Waals surface area (Å²) < 4.78 is 1.43. The van der Waals surface area contributed by atoms with Gasteiger partial charge in [-0.2, -0.15) is 0 Å². The molecule has 1 N–H and O–H groups in total. The molecule has 1 aliphatic rings. The van der Waals surface area contributed by atoms with Crippen molar-refractivity contribution in [3.63, 3.8) is 0 Å². The Morgan fingerprint density at radius 1 is 1.28 bits per heavy atom. The Labute approximate surface area is 113 Å². The Bertz CT molecular complexity index is 549. The van der Waals surface area contributed by atoms with E-state index in [1.165, 1.54) is 16.5 Å². The predicted octanol–water partition coefficient (Wildman–Crippen LogP) is 4.39. The summed E-state index contributed by atoms with van der Waals surface area (Å²) in [6.45, 7) is 7.87. The molecule has 1 heterocycles. The third-order valence-corrected chi connectivity index (χ3v) is 4.71. The highest BCUT2D eigenvalue weighted by molar-refractivity contribution is 7.17. The van der Waals surface area contributed by atoms with E-state index in [0.717, 1.165) is 18.4 Å². The monoisotopic (exact) mass is 259 g/mol. The molecule has 0 amide bonds. The first-order valence-corrected chi connectivity index (χ1v) is 7.64. The van der Waals surface area contributed by atoms with Crippen LogP contribution in [0.4, 0.5) is 0 Å². The summed E-state index contributed by atoms with van der Waals surface area (Å²) in [5, 5.41) is 7.47. The summed E-state index contributed by atoms with van der Waals surface area (Å²) in [5.41, 5.74) is 1.82. The highest BCUT2D eigenvalue weighted by Crippen LogP contribution is 2.50. The summed E-state index contributed by atoms with van der Waals surface area (Å²) in [6.07, 6.45) is 1.35. The average molecular weight is 259 g/mol. The number of thiophene rings is 1. The van der Waals surface area contributed by atoms with Gasteiger partial charge in [0.25, 0.3) is 0 Å². The van der Waals surface area contributed by atoms with Crippen molar-refractivity contribution < 1.29 is 0 Å². The van der Waals surface area contributed by atoms with E-state index >= 15 is 0 Å². The zero-order chi connectivity index (χ0) is 12.8. The van der Waals surface area contributed by atoms with Crippen LogP contribution in [-0.4, -0.2) is 12.1 Å². The Hall–Kier alpha value is -0.860. The number of hydrogen-bond donors (Lipinski definition) is 1. The fourth-order valence-corrected chi connectivity index (χ4v) is 3.60. The van der Waals surface area contributed by atoms with Crippen molar-refractivity contribution in [1.29, 1.82) is 0 Å². The minimum atomic E-state index is 0.240. The van der Waals surface area contributed by atoms with Gasteiger partial charge in [-0.15, -0.1) is 11.3 Å². The number of benzene rings is 1. The molecule has 1 aromatic carbocycles. The molecule has 2 atom stereocenters. The van der Waals surface area contributed by atoms with Gasteiger partial charge in [0.05, 0.1) is 0 Å². The Morgan fingerprint density at radius 3 is 2.83 bits per heavy atom. The van der Waals surface area contributed by atoms with E-state index in [4.69, 9.17) is 0 Å². The molecule has 2 aromatic rings. The lowest BCUT2D eigenvalue weighted by Gasteiger charge is -2.20. The highest BCUT2D eigenvalue weighted by atomic mass is 32.1. The van der Waals surface area contributed by atoms with Crippen molar-refractivity contribution >= 4 is 21.4 Å². The van der Waals surface area contributed by atoms with Crippen molar-refractivity contribution in [2.45, 2.75) is 38.6 Å². The van der Waals surface area contributed by atoms with Crippen LogP contribution >= 0.6 is 11.3 Å². The highest BCUT2D eigenvalue weighted by Gasteiger charge is 2.39. The van der Waals surface area contributed by atoms with Crippen LogP contribution in [0.2, 0.25) is 0 Å². The summed E-state index contributed by atoms with van der Waals surface area (Å²) in [4.78, 5) is 0. The average Bonchev–Trinajstić information content (AvgIpc) is 2.96. The molecule has 2 unspecified atom stereocenters. The third kappa shape index (κ3) is 2.45. The van der Waals surface area contributed by atoms with Crippen molar-refractivity contribution in [3.8, 4) is 0 Å². The maximum Gasteiger partial charge on any atom is 0.0345 e. The van der Waals surface area contributed by atoms with Crippen molar-refractivity contribution in [2.75, 3.05) is 6.54 Å². The van der Waals surface area contributed by atoms with Crippen LogP contribution in [-0.2, 0) is 0 Å². The zero-order valence-electron chi connectivity index (χ0n) is 11.4. The van der Waals surface area contributed by atoms with Gasteiger partial charge in [-0.05, 0) is 68.0 Å². The minimum Gasteiger partial charge on any atom is -0.312 e. The molecule has 3 rings (SSSR count).